The summed E-state index contributed by atoms with van der Waals surface area (Å²) in [5, 5.41) is 0.788. The van der Waals surface area contributed by atoms with E-state index in [0.717, 1.165) is 16.4 Å². The number of morpholine rings is 1. The van der Waals surface area contributed by atoms with Gasteiger partial charge in [-0.15, -0.1) is 11.3 Å². The fraction of sp³-hybridized carbons (Fsp3) is 0.438. The highest BCUT2D eigenvalue weighted by Crippen LogP contribution is 2.28. The van der Waals surface area contributed by atoms with Gasteiger partial charge < -0.3 is 9.64 Å². The molecule has 6 heteroatoms. The molecule has 3 rings (SSSR count). The van der Waals surface area contributed by atoms with Crippen LogP contribution in [0.5, 0.6) is 0 Å². The zero-order chi connectivity index (χ0) is 15.7. The van der Waals surface area contributed by atoms with Gasteiger partial charge in [0.15, 0.2) is 0 Å². The molecule has 0 spiro atoms. The van der Waals surface area contributed by atoms with E-state index in [2.05, 4.69) is 9.97 Å². The van der Waals surface area contributed by atoms with Gasteiger partial charge in [0.1, 0.15) is 9.88 Å². The summed E-state index contributed by atoms with van der Waals surface area (Å²) in [6.07, 6.45) is 1.87. The van der Waals surface area contributed by atoms with Gasteiger partial charge >= 0.3 is 0 Å². The molecular weight excluding hydrogens is 298 g/mol. The number of aromatic nitrogens is 2. The quantitative estimate of drug-likeness (QED) is 0.854. The van der Waals surface area contributed by atoms with Crippen molar-refractivity contribution in [1.82, 2.24) is 14.9 Å². The third-order valence-corrected chi connectivity index (χ3v) is 4.75. The molecule has 1 saturated heterocycles. The molecular formula is C16H19N3O2S. The zero-order valence-electron chi connectivity index (χ0n) is 12.9. The number of carbonyl (C=O) groups excluding carboxylic acids is 1. The number of carbonyl (C=O) groups is 1. The summed E-state index contributed by atoms with van der Waals surface area (Å²) in [6.45, 7) is 7.12. The van der Waals surface area contributed by atoms with Gasteiger partial charge in [-0.05, 0) is 32.9 Å². The van der Waals surface area contributed by atoms with E-state index in [-0.39, 0.29) is 18.1 Å². The molecule has 2 atom stereocenters. The minimum Gasteiger partial charge on any atom is -0.372 e. The minimum absolute atomic E-state index is 0.0409. The molecule has 2 aromatic heterocycles. The topological polar surface area (TPSA) is 55.3 Å². The third-order valence-electron chi connectivity index (χ3n) is 3.58. The van der Waals surface area contributed by atoms with Gasteiger partial charge in [0.05, 0.1) is 23.6 Å². The molecule has 0 bridgehead atoms. The second kappa shape index (κ2) is 6.14. The Balaban J connectivity index is 1.86. The van der Waals surface area contributed by atoms with Crippen molar-refractivity contribution in [2.75, 3.05) is 13.1 Å². The van der Waals surface area contributed by atoms with Gasteiger partial charge in [0.25, 0.3) is 5.91 Å². The van der Waals surface area contributed by atoms with Crippen LogP contribution in [-0.4, -0.2) is 46.1 Å². The van der Waals surface area contributed by atoms with E-state index in [1.165, 1.54) is 11.3 Å². The minimum atomic E-state index is 0.0409. The van der Waals surface area contributed by atoms with E-state index in [1.807, 2.05) is 43.9 Å². The Morgan fingerprint density at radius 3 is 2.68 bits per heavy atom. The van der Waals surface area contributed by atoms with Crippen molar-refractivity contribution >= 4 is 17.2 Å². The van der Waals surface area contributed by atoms with Crippen molar-refractivity contribution in [3.63, 3.8) is 0 Å². The van der Waals surface area contributed by atoms with Crippen molar-refractivity contribution in [2.24, 2.45) is 0 Å². The molecule has 22 heavy (non-hydrogen) atoms. The van der Waals surface area contributed by atoms with Crippen LogP contribution in [0.3, 0.4) is 0 Å². The molecule has 1 amide bonds. The van der Waals surface area contributed by atoms with Crippen LogP contribution in [0.1, 0.15) is 29.2 Å². The summed E-state index contributed by atoms with van der Waals surface area (Å²) in [5.74, 6) is 0.0409. The van der Waals surface area contributed by atoms with Crippen LogP contribution in [0.15, 0.2) is 24.4 Å². The van der Waals surface area contributed by atoms with Crippen molar-refractivity contribution in [1.29, 1.82) is 0 Å². The number of amides is 1. The van der Waals surface area contributed by atoms with Crippen LogP contribution in [0.4, 0.5) is 0 Å². The van der Waals surface area contributed by atoms with E-state index in [9.17, 15) is 4.79 Å². The van der Waals surface area contributed by atoms with Crippen LogP contribution in [0, 0.1) is 6.92 Å². The number of aryl methyl sites for hydroxylation is 1. The van der Waals surface area contributed by atoms with E-state index < -0.39 is 0 Å². The first-order chi connectivity index (χ1) is 10.5. The number of pyridine rings is 1. The highest BCUT2D eigenvalue weighted by molar-refractivity contribution is 7.17. The molecule has 2 aromatic rings. The fourth-order valence-electron chi connectivity index (χ4n) is 2.68. The molecule has 3 heterocycles. The molecule has 0 aromatic carbocycles. The van der Waals surface area contributed by atoms with E-state index in [4.69, 9.17) is 4.74 Å². The molecule has 1 fully saturated rings. The monoisotopic (exact) mass is 317 g/mol. The van der Waals surface area contributed by atoms with E-state index >= 15 is 0 Å². The Kier molecular flexibility index (Phi) is 4.22. The molecule has 0 saturated carbocycles. The predicted molar refractivity (Wildman–Crippen MR) is 86.0 cm³/mol. The molecule has 0 radical (unpaired) electrons. The van der Waals surface area contributed by atoms with Crippen LogP contribution in [0.2, 0.25) is 0 Å². The molecule has 1 aliphatic rings. The predicted octanol–water partition coefficient (Wildman–Crippen LogP) is 2.76. The normalized spacial score (nSPS) is 21.9. The molecule has 1 aliphatic heterocycles. The van der Waals surface area contributed by atoms with Gasteiger partial charge in [-0.1, -0.05) is 6.07 Å². The fourth-order valence-corrected chi connectivity index (χ4v) is 3.69. The lowest BCUT2D eigenvalue weighted by Crippen LogP contribution is -2.48. The number of ether oxygens (including phenoxy) is 1. The first-order valence-corrected chi connectivity index (χ1v) is 8.20. The van der Waals surface area contributed by atoms with Crippen molar-refractivity contribution in [3.05, 3.63) is 35.0 Å². The summed E-state index contributed by atoms with van der Waals surface area (Å²) in [6, 6.07) is 5.70. The number of hydrogen-bond donors (Lipinski definition) is 0. The van der Waals surface area contributed by atoms with Gasteiger partial charge in [-0.25, -0.2) is 4.98 Å². The Hall–Kier alpha value is -1.79. The van der Waals surface area contributed by atoms with Gasteiger partial charge in [-0.2, -0.15) is 0 Å². The summed E-state index contributed by atoms with van der Waals surface area (Å²) in [7, 11) is 0. The maximum absolute atomic E-state index is 12.8. The lowest BCUT2D eigenvalue weighted by atomic mass is 10.2. The molecule has 2 unspecified atom stereocenters. The average Bonchev–Trinajstić information content (AvgIpc) is 2.88. The summed E-state index contributed by atoms with van der Waals surface area (Å²) in [4.78, 5) is 24.2. The first-order valence-electron chi connectivity index (χ1n) is 7.38. The Morgan fingerprint density at radius 2 is 2.05 bits per heavy atom. The maximum Gasteiger partial charge on any atom is 0.266 e. The SMILES string of the molecule is Cc1nc(-c2ccccn2)sc1C(=O)N1CC(C)OC(C)C1. The van der Waals surface area contributed by atoms with E-state index in [0.29, 0.717) is 18.0 Å². The summed E-state index contributed by atoms with van der Waals surface area (Å²) in [5.41, 5.74) is 1.57. The highest BCUT2D eigenvalue weighted by atomic mass is 32.1. The largest absolute Gasteiger partial charge is 0.372 e. The van der Waals surface area contributed by atoms with Gasteiger partial charge in [0.2, 0.25) is 0 Å². The summed E-state index contributed by atoms with van der Waals surface area (Å²) >= 11 is 1.41. The molecule has 0 N–H and O–H groups in total. The second-order valence-electron chi connectivity index (χ2n) is 5.62. The number of nitrogens with zero attached hydrogens (tertiary/aromatic N) is 3. The number of hydrogen-bond acceptors (Lipinski definition) is 5. The highest BCUT2D eigenvalue weighted by Gasteiger charge is 2.29. The zero-order valence-corrected chi connectivity index (χ0v) is 13.8. The third kappa shape index (κ3) is 3.03. The standard InChI is InChI=1S/C16H19N3O2S/c1-10-8-19(9-11(2)21-10)16(20)14-12(3)18-15(22-14)13-6-4-5-7-17-13/h4-7,10-11H,8-9H2,1-3H3. The van der Waals surface area contributed by atoms with Crippen LogP contribution in [-0.2, 0) is 4.74 Å². The molecule has 5 nitrogen and oxygen atoms in total. The Morgan fingerprint density at radius 1 is 1.32 bits per heavy atom. The summed E-state index contributed by atoms with van der Waals surface area (Å²) < 4.78 is 5.69. The molecule has 116 valence electrons. The van der Waals surface area contributed by atoms with Gasteiger partial charge in [-0.3, -0.25) is 9.78 Å². The van der Waals surface area contributed by atoms with Crippen LogP contribution >= 0.6 is 11.3 Å². The van der Waals surface area contributed by atoms with Crippen molar-refractivity contribution < 1.29 is 9.53 Å². The lowest BCUT2D eigenvalue weighted by molar-refractivity contribution is -0.0585. The van der Waals surface area contributed by atoms with Crippen molar-refractivity contribution in [3.8, 4) is 10.7 Å². The Labute approximate surface area is 134 Å². The lowest BCUT2D eigenvalue weighted by Gasteiger charge is -2.35. The first kappa shape index (κ1) is 15.1. The van der Waals surface area contributed by atoms with Crippen LogP contribution < -0.4 is 0 Å². The van der Waals surface area contributed by atoms with Crippen LogP contribution in [0.25, 0.3) is 10.7 Å². The smallest absolute Gasteiger partial charge is 0.266 e. The number of rotatable bonds is 2. The Bertz CT molecular complexity index is 661. The van der Waals surface area contributed by atoms with Crippen molar-refractivity contribution in [2.45, 2.75) is 33.0 Å². The maximum atomic E-state index is 12.8. The number of thiazole rings is 1. The molecule has 0 aliphatic carbocycles. The second-order valence-corrected chi connectivity index (χ2v) is 6.62. The van der Waals surface area contributed by atoms with E-state index in [1.54, 1.807) is 6.20 Å². The van der Waals surface area contributed by atoms with Gasteiger partial charge in [0, 0.05) is 19.3 Å². The average molecular weight is 317 g/mol.